The number of nitro groups is 1. The maximum atomic E-state index is 10.9. The van der Waals surface area contributed by atoms with Gasteiger partial charge in [-0.15, -0.1) is 0 Å². The van der Waals surface area contributed by atoms with E-state index >= 15 is 0 Å². The number of rotatable bonds is 4. The topological polar surface area (TPSA) is 80.4 Å². The summed E-state index contributed by atoms with van der Waals surface area (Å²) in [5, 5.41) is 19.6. The number of nitrogens with zero attached hydrogens (tertiary/aromatic N) is 1. The van der Waals surface area contributed by atoms with Crippen LogP contribution in [0.5, 0.6) is 0 Å². The van der Waals surface area contributed by atoms with Gasteiger partial charge in [0, 0.05) is 11.6 Å². The number of carboxylic acid groups (broad SMARTS) is 1. The third kappa shape index (κ3) is 2.31. The maximum Gasteiger partial charge on any atom is 0.311 e. The molecule has 0 aliphatic carbocycles. The second kappa shape index (κ2) is 4.54. The van der Waals surface area contributed by atoms with Gasteiger partial charge in [0.05, 0.1) is 10.8 Å². The first-order valence-corrected chi connectivity index (χ1v) is 4.54. The standard InChI is InChI=1S/C10H11NO4/c1-2-7(10(12)13)8-5-3-4-6-9(8)11(14)15/h3-7H,2H2,1H3,(H,12,13)/t7-/m0/s1. The second-order valence-electron chi connectivity index (χ2n) is 3.11. The van der Waals surface area contributed by atoms with E-state index in [-0.39, 0.29) is 11.3 Å². The largest absolute Gasteiger partial charge is 0.481 e. The van der Waals surface area contributed by atoms with Crippen molar-refractivity contribution in [1.82, 2.24) is 0 Å². The summed E-state index contributed by atoms with van der Waals surface area (Å²) in [5.41, 5.74) is 0.129. The van der Waals surface area contributed by atoms with Crippen molar-refractivity contribution < 1.29 is 14.8 Å². The van der Waals surface area contributed by atoms with E-state index in [0.717, 1.165) is 0 Å². The summed E-state index contributed by atoms with van der Waals surface area (Å²) in [6.07, 6.45) is 0.334. The van der Waals surface area contributed by atoms with Gasteiger partial charge < -0.3 is 5.11 Å². The van der Waals surface area contributed by atoms with Gasteiger partial charge in [0.2, 0.25) is 0 Å². The maximum absolute atomic E-state index is 10.9. The molecule has 0 saturated heterocycles. The summed E-state index contributed by atoms with van der Waals surface area (Å²) >= 11 is 0. The summed E-state index contributed by atoms with van der Waals surface area (Å²) in [7, 11) is 0. The Bertz CT molecular complexity index is 389. The van der Waals surface area contributed by atoms with Crippen molar-refractivity contribution in [3.8, 4) is 0 Å². The number of hydrogen-bond acceptors (Lipinski definition) is 3. The summed E-state index contributed by atoms with van der Waals surface area (Å²) in [6.45, 7) is 1.69. The van der Waals surface area contributed by atoms with Gasteiger partial charge >= 0.3 is 5.97 Å². The van der Waals surface area contributed by atoms with E-state index in [1.54, 1.807) is 13.0 Å². The van der Waals surface area contributed by atoms with Crippen molar-refractivity contribution >= 4 is 11.7 Å². The van der Waals surface area contributed by atoms with Crippen LogP contribution in [-0.4, -0.2) is 16.0 Å². The van der Waals surface area contributed by atoms with Gasteiger partial charge in [-0.2, -0.15) is 0 Å². The highest BCUT2D eigenvalue weighted by atomic mass is 16.6. The lowest BCUT2D eigenvalue weighted by atomic mass is 9.95. The lowest BCUT2D eigenvalue weighted by Crippen LogP contribution is -2.12. The Hall–Kier alpha value is -1.91. The summed E-state index contributed by atoms with van der Waals surface area (Å²) in [4.78, 5) is 21.0. The minimum atomic E-state index is -1.04. The molecule has 5 heteroatoms. The molecule has 0 aliphatic rings. The van der Waals surface area contributed by atoms with Crippen LogP contribution in [-0.2, 0) is 4.79 Å². The van der Waals surface area contributed by atoms with Crippen molar-refractivity contribution in [2.75, 3.05) is 0 Å². The number of nitro benzene ring substituents is 1. The smallest absolute Gasteiger partial charge is 0.311 e. The fourth-order valence-electron chi connectivity index (χ4n) is 1.48. The van der Waals surface area contributed by atoms with Gasteiger partial charge in [-0.3, -0.25) is 14.9 Å². The number of hydrogen-bond donors (Lipinski definition) is 1. The minimum Gasteiger partial charge on any atom is -0.481 e. The molecule has 0 fully saturated rings. The molecule has 5 nitrogen and oxygen atoms in total. The van der Waals surface area contributed by atoms with E-state index in [9.17, 15) is 14.9 Å². The molecular weight excluding hydrogens is 198 g/mol. The molecule has 0 heterocycles. The lowest BCUT2D eigenvalue weighted by Gasteiger charge is -2.09. The van der Waals surface area contributed by atoms with Gasteiger partial charge in [-0.1, -0.05) is 25.1 Å². The van der Waals surface area contributed by atoms with Crippen LogP contribution in [0.2, 0.25) is 0 Å². The first kappa shape index (κ1) is 11.2. The van der Waals surface area contributed by atoms with Gasteiger partial charge in [-0.05, 0) is 6.42 Å². The average molecular weight is 209 g/mol. The van der Waals surface area contributed by atoms with Crippen molar-refractivity contribution in [3.63, 3.8) is 0 Å². The molecule has 0 saturated carbocycles. The molecule has 1 aromatic carbocycles. The third-order valence-electron chi connectivity index (χ3n) is 2.22. The zero-order chi connectivity index (χ0) is 11.4. The Morgan fingerprint density at radius 1 is 1.53 bits per heavy atom. The molecule has 0 radical (unpaired) electrons. The van der Waals surface area contributed by atoms with Crippen molar-refractivity contribution in [2.24, 2.45) is 0 Å². The van der Waals surface area contributed by atoms with Crippen LogP contribution in [0.4, 0.5) is 5.69 Å². The zero-order valence-electron chi connectivity index (χ0n) is 8.21. The Kier molecular flexibility index (Phi) is 3.38. The molecule has 0 spiro atoms. The molecule has 1 N–H and O–H groups in total. The second-order valence-corrected chi connectivity index (χ2v) is 3.11. The molecule has 0 bridgehead atoms. The van der Waals surface area contributed by atoms with Crippen LogP contribution < -0.4 is 0 Å². The first-order chi connectivity index (χ1) is 7.07. The van der Waals surface area contributed by atoms with Crippen LogP contribution in [0.3, 0.4) is 0 Å². The molecule has 0 amide bonds. The van der Waals surface area contributed by atoms with Gasteiger partial charge in [-0.25, -0.2) is 0 Å². The highest BCUT2D eigenvalue weighted by Gasteiger charge is 2.25. The Labute approximate surface area is 86.5 Å². The van der Waals surface area contributed by atoms with Crippen molar-refractivity contribution in [2.45, 2.75) is 19.3 Å². The number of para-hydroxylation sites is 1. The predicted molar refractivity (Wildman–Crippen MR) is 53.8 cm³/mol. The fourth-order valence-corrected chi connectivity index (χ4v) is 1.48. The van der Waals surface area contributed by atoms with Crippen LogP contribution in [0.15, 0.2) is 24.3 Å². The number of benzene rings is 1. The van der Waals surface area contributed by atoms with E-state index in [0.29, 0.717) is 6.42 Å². The van der Waals surface area contributed by atoms with Crippen molar-refractivity contribution in [3.05, 3.63) is 39.9 Å². The van der Waals surface area contributed by atoms with Crippen LogP contribution in [0.1, 0.15) is 24.8 Å². The normalized spacial score (nSPS) is 12.1. The SMILES string of the molecule is CC[C@H](C(=O)O)c1ccccc1[N+](=O)[O-]. The van der Waals surface area contributed by atoms with Gasteiger partial charge in [0.15, 0.2) is 0 Å². The molecule has 1 atom stereocenters. The fraction of sp³-hybridized carbons (Fsp3) is 0.300. The van der Waals surface area contributed by atoms with E-state index in [1.807, 2.05) is 0 Å². The number of carboxylic acids is 1. The number of carbonyl (C=O) groups is 1. The molecule has 0 aromatic heterocycles. The Balaban J connectivity index is 3.22. The Morgan fingerprint density at radius 3 is 2.60 bits per heavy atom. The third-order valence-corrected chi connectivity index (χ3v) is 2.22. The van der Waals surface area contributed by atoms with Gasteiger partial charge in [0.1, 0.15) is 0 Å². The van der Waals surface area contributed by atoms with E-state index in [2.05, 4.69) is 0 Å². The molecule has 1 rings (SSSR count). The summed E-state index contributed by atoms with van der Waals surface area (Å²) in [5.74, 6) is -1.85. The quantitative estimate of drug-likeness (QED) is 0.608. The average Bonchev–Trinajstić information content (AvgIpc) is 2.18. The molecular formula is C10H11NO4. The van der Waals surface area contributed by atoms with Crippen LogP contribution >= 0.6 is 0 Å². The molecule has 15 heavy (non-hydrogen) atoms. The molecule has 0 aliphatic heterocycles. The van der Waals surface area contributed by atoms with E-state index < -0.39 is 16.8 Å². The Morgan fingerprint density at radius 2 is 2.13 bits per heavy atom. The van der Waals surface area contributed by atoms with Crippen LogP contribution in [0.25, 0.3) is 0 Å². The monoisotopic (exact) mass is 209 g/mol. The predicted octanol–water partition coefficient (Wildman–Crippen LogP) is 2.17. The molecule has 0 unspecified atom stereocenters. The highest BCUT2D eigenvalue weighted by molar-refractivity contribution is 5.77. The van der Waals surface area contributed by atoms with Crippen molar-refractivity contribution in [1.29, 1.82) is 0 Å². The highest BCUT2D eigenvalue weighted by Crippen LogP contribution is 2.28. The zero-order valence-corrected chi connectivity index (χ0v) is 8.21. The van der Waals surface area contributed by atoms with E-state index in [4.69, 9.17) is 5.11 Å². The summed E-state index contributed by atoms with van der Waals surface area (Å²) in [6, 6.07) is 5.94. The lowest BCUT2D eigenvalue weighted by molar-refractivity contribution is -0.385. The minimum absolute atomic E-state index is 0.133. The number of aliphatic carboxylic acids is 1. The molecule has 80 valence electrons. The molecule has 1 aromatic rings. The van der Waals surface area contributed by atoms with E-state index in [1.165, 1.54) is 18.2 Å². The van der Waals surface area contributed by atoms with Crippen LogP contribution in [0, 0.1) is 10.1 Å². The summed E-state index contributed by atoms with van der Waals surface area (Å²) < 4.78 is 0. The van der Waals surface area contributed by atoms with Gasteiger partial charge in [0.25, 0.3) is 5.69 Å². The first-order valence-electron chi connectivity index (χ1n) is 4.54.